The summed E-state index contributed by atoms with van der Waals surface area (Å²) in [5, 5.41) is 0. The molecule has 28 heavy (non-hydrogen) atoms. The average Bonchev–Trinajstić information content (AvgIpc) is 2.68. The first-order valence-corrected chi connectivity index (χ1v) is 13.4. The molecule has 0 spiro atoms. The lowest BCUT2D eigenvalue weighted by atomic mass is 9.86. The lowest BCUT2D eigenvalue weighted by molar-refractivity contribution is 0.319. The molecule has 0 bridgehead atoms. The Balaban J connectivity index is 3.35. The quantitative estimate of drug-likeness (QED) is 0.127. The molecular formula is C28H56. The Morgan fingerprint density at radius 3 is 1.36 bits per heavy atom. The Kier molecular flexibility index (Phi) is 22.8. The Labute approximate surface area is 180 Å². The number of hydrogen-bond donors (Lipinski definition) is 0. The van der Waals surface area contributed by atoms with Crippen LogP contribution in [-0.2, 0) is 0 Å². The second-order valence-electron chi connectivity index (χ2n) is 9.58. The second-order valence-corrected chi connectivity index (χ2v) is 9.58. The minimum Gasteiger partial charge on any atom is -0.0885 e. The van der Waals surface area contributed by atoms with Crippen LogP contribution in [0.1, 0.15) is 156 Å². The van der Waals surface area contributed by atoms with Gasteiger partial charge in [0.1, 0.15) is 0 Å². The molecule has 0 amide bonds. The van der Waals surface area contributed by atoms with Crippen molar-refractivity contribution in [3.8, 4) is 0 Å². The van der Waals surface area contributed by atoms with Gasteiger partial charge in [0.2, 0.25) is 0 Å². The molecule has 0 aliphatic carbocycles. The monoisotopic (exact) mass is 392 g/mol. The summed E-state index contributed by atoms with van der Waals surface area (Å²) in [6.45, 7) is 9.44. The van der Waals surface area contributed by atoms with Crippen molar-refractivity contribution in [3.05, 3.63) is 12.2 Å². The van der Waals surface area contributed by atoms with Gasteiger partial charge in [0.05, 0.1) is 0 Å². The molecule has 0 aliphatic rings. The van der Waals surface area contributed by atoms with E-state index >= 15 is 0 Å². The summed E-state index contributed by atoms with van der Waals surface area (Å²) in [7, 11) is 0. The van der Waals surface area contributed by atoms with Crippen LogP contribution < -0.4 is 0 Å². The highest BCUT2D eigenvalue weighted by Crippen LogP contribution is 2.24. The van der Waals surface area contributed by atoms with Crippen LogP contribution >= 0.6 is 0 Å². The molecule has 1 atom stereocenters. The molecule has 0 radical (unpaired) electrons. The summed E-state index contributed by atoms with van der Waals surface area (Å²) >= 11 is 0. The van der Waals surface area contributed by atoms with Crippen LogP contribution in [0.5, 0.6) is 0 Å². The SMILES string of the molecule is CCCCCCCCCCCCCCC=CCCCC(CCCCC)C(C)C. The van der Waals surface area contributed by atoms with Crippen molar-refractivity contribution in [2.24, 2.45) is 11.8 Å². The maximum atomic E-state index is 2.46. The van der Waals surface area contributed by atoms with E-state index in [1.807, 2.05) is 0 Å². The van der Waals surface area contributed by atoms with E-state index in [0.29, 0.717) is 0 Å². The van der Waals surface area contributed by atoms with Gasteiger partial charge in [-0.25, -0.2) is 0 Å². The largest absolute Gasteiger partial charge is 0.0885 e. The van der Waals surface area contributed by atoms with Gasteiger partial charge in [-0.05, 0) is 43.9 Å². The van der Waals surface area contributed by atoms with Crippen molar-refractivity contribution >= 4 is 0 Å². The number of hydrogen-bond acceptors (Lipinski definition) is 0. The smallest absolute Gasteiger partial charge is 0.0351 e. The molecule has 0 aromatic rings. The van der Waals surface area contributed by atoms with Gasteiger partial charge in [0.15, 0.2) is 0 Å². The first-order chi connectivity index (χ1) is 13.7. The average molecular weight is 393 g/mol. The van der Waals surface area contributed by atoms with Crippen LogP contribution in [0, 0.1) is 11.8 Å². The van der Waals surface area contributed by atoms with Crippen molar-refractivity contribution in [2.75, 3.05) is 0 Å². The lowest BCUT2D eigenvalue weighted by Crippen LogP contribution is -2.08. The standard InChI is InChI=1S/C28H56/c1-5-7-9-10-11-12-13-14-15-16-17-18-19-20-21-22-24-26-28(27(3)4)25-23-8-6-2/h20-21,27-28H,5-19,22-26H2,1-4H3. The summed E-state index contributed by atoms with van der Waals surface area (Å²) < 4.78 is 0. The van der Waals surface area contributed by atoms with Gasteiger partial charge in [0.25, 0.3) is 0 Å². The maximum Gasteiger partial charge on any atom is -0.0351 e. The highest BCUT2D eigenvalue weighted by Gasteiger charge is 2.11. The van der Waals surface area contributed by atoms with E-state index in [9.17, 15) is 0 Å². The number of unbranched alkanes of at least 4 members (excludes halogenated alkanes) is 15. The van der Waals surface area contributed by atoms with E-state index in [-0.39, 0.29) is 0 Å². The molecule has 0 saturated heterocycles. The van der Waals surface area contributed by atoms with Gasteiger partial charge < -0.3 is 0 Å². The molecule has 0 fully saturated rings. The third kappa shape index (κ3) is 20.5. The minimum atomic E-state index is 0.863. The summed E-state index contributed by atoms with van der Waals surface area (Å²) in [4.78, 5) is 0. The zero-order chi connectivity index (χ0) is 20.7. The summed E-state index contributed by atoms with van der Waals surface area (Å²) in [5.74, 6) is 1.82. The van der Waals surface area contributed by atoms with Gasteiger partial charge >= 0.3 is 0 Å². The fraction of sp³-hybridized carbons (Fsp3) is 0.929. The van der Waals surface area contributed by atoms with Crippen LogP contribution in [0.3, 0.4) is 0 Å². The maximum absolute atomic E-state index is 2.46. The van der Waals surface area contributed by atoms with Gasteiger partial charge in [-0.15, -0.1) is 0 Å². The van der Waals surface area contributed by atoms with Gasteiger partial charge in [0, 0.05) is 0 Å². The molecule has 0 rings (SSSR count). The van der Waals surface area contributed by atoms with Crippen LogP contribution in [0.4, 0.5) is 0 Å². The summed E-state index contributed by atoms with van der Waals surface area (Å²) in [6.07, 6.45) is 33.4. The van der Waals surface area contributed by atoms with E-state index < -0.39 is 0 Å². The molecule has 0 N–H and O–H groups in total. The first-order valence-electron chi connectivity index (χ1n) is 13.4. The normalized spacial score (nSPS) is 13.0. The van der Waals surface area contributed by atoms with E-state index in [1.54, 1.807) is 0 Å². The molecular weight excluding hydrogens is 336 g/mol. The Morgan fingerprint density at radius 1 is 0.464 bits per heavy atom. The predicted molar refractivity (Wildman–Crippen MR) is 131 cm³/mol. The molecule has 0 heteroatoms. The summed E-state index contributed by atoms with van der Waals surface area (Å²) in [6, 6.07) is 0. The fourth-order valence-electron chi connectivity index (χ4n) is 4.30. The topological polar surface area (TPSA) is 0 Å². The minimum absolute atomic E-state index is 0.863. The first kappa shape index (κ1) is 27.7. The van der Waals surface area contributed by atoms with Crippen molar-refractivity contribution in [3.63, 3.8) is 0 Å². The van der Waals surface area contributed by atoms with Crippen molar-refractivity contribution in [1.82, 2.24) is 0 Å². The Bertz CT molecular complexity index is 301. The summed E-state index contributed by atoms with van der Waals surface area (Å²) in [5.41, 5.74) is 0. The molecule has 0 aromatic heterocycles. The van der Waals surface area contributed by atoms with Crippen LogP contribution in [0.2, 0.25) is 0 Å². The third-order valence-electron chi connectivity index (χ3n) is 6.46. The van der Waals surface area contributed by atoms with Gasteiger partial charge in [-0.3, -0.25) is 0 Å². The van der Waals surface area contributed by atoms with Gasteiger partial charge in [-0.1, -0.05) is 136 Å². The fourth-order valence-corrected chi connectivity index (χ4v) is 4.30. The molecule has 168 valence electrons. The highest BCUT2D eigenvalue weighted by atomic mass is 14.2. The molecule has 0 aliphatic heterocycles. The zero-order valence-corrected chi connectivity index (χ0v) is 20.5. The van der Waals surface area contributed by atoms with E-state index in [4.69, 9.17) is 0 Å². The third-order valence-corrected chi connectivity index (χ3v) is 6.46. The van der Waals surface area contributed by atoms with Crippen molar-refractivity contribution in [2.45, 2.75) is 156 Å². The second kappa shape index (κ2) is 23.0. The van der Waals surface area contributed by atoms with E-state index in [0.717, 1.165) is 11.8 Å². The van der Waals surface area contributed by atoms with Gasteiger partial charge in [-0.2, -0.15) is 0 Å². The molecule has 0 aromatic carbocycles. The molecule has 0 nitrogen and oxygen atoms in total. The van der Waals surface area contributed by atoms with Crippen LogP contribution in [0.15, 0.2) is 12.2 Å². The number of allylic oxidation sites excluding steroid dienone is 2. The molecule has 1 unspecified atom stereocenters. The molecule has 0 saturated carbocycles. The highest BCUT2D eigenvalue weighted by molar-refractivity contribution is 4.81. The van der Waals surface area contributed by atoms with E-state index in [1.165, 1.54) is 128 Å². The Morgan fingerprint density at radius 2 is 0.857 bits per heavy atom. The van der Waals surface area contributed by atoms with Crippen LogP contribution in [-0.4, -0.2) is 0 Å². The number of rotatable bonds is 22. The van der Waals surface area contributed by atoms with Crippen molar-refractivity contribution in [1.29, 1.82) is 0 Å². The Hall–Kier alpha value is -0.260. The predicted octanol–water partition coefficient (Wildman–Crippen LogP) is 10.7. The zero-order valence-electron chi connectivity index (χ0n) is 20.5. The van der Waals surface area contributed by atoms with Crippen molar-refractivity contribution < 1.29 is 0 Å². The lowest BCUT2D eigenvalue weighted by Gasteiger charge is -2.20. The molecule has 0 heterocycles. The van der Waals surface area contributed by atoms with Crippen LogP contribution in [0.25, 0.3) is 0 Å². The van der Waals surface area contributed by atoms with E-state index in [2.05, 4.69) is 39.8 Å².